The van der Waals surface area contributed by atoms with Crippen LogP contribution in [-0.4, -0.2) is 36.5 Å². The SMILES string of the molecule is Cc1cccc(CN2CCC(NC(=O)COc3ccc(Br)cc3F)CC2)c1. The molecule has 1 heterocycles. The van der Waals surface area contributed by atoms with Gasteiger partial charge in [0.05, 0.1) is 0 Å². The van der Waals surface area contributed by atoms with Gasteiger partial charge in [0.25, 0.3) is 5.91 Å². The van der Waals surface area contributed by atoms with Gasteiger partial charge in [-0.25, -0.2) is 4.39 Å². The molecule has 1 amide bonds. The molecular formula is C21H24BrFN2O2. The van der Waals surface area contributed by atoms with Crippen LogP contribution >= 0.6 is 15.9 Å². The van der Waals surface area contributed by atoms with Crippen LogP contribution in [0.5, 0.6) is 5.75 Å². The Hall–Kier alpha value is -1.92. The molecule has 2 aromatic rings. The van der Waals surface area contributed by atoms with E-state index < -0.39 is 5.82 Å². The summed E-state index contributed by atoms with van der Waals surface area (Å²) in [7, 11) is 0. The molecule has 4 nitrogen and oxygen atoms in total. The maximum absolute atomic E-state index is 13.7. The van der Waals surface area contributed by atoms with Gasteiger partial charge < -0.3 is 10.1 Å². The average Bonchev–Trinajstić information content (AvgIpc) is 2.63. The molecule has 0 bridgehead atoms. The van der Waals surface area contributed by atoms with E-state index in [0.29, 0.717) is 4.47 Å². The number of likely N-dealkylation sites (tertiary alicyclic amines) is 1. The lowest BCUT2D eigenvalue weighted by Gasteiger charge is -2.32. The molecular weight excluding hydrogens is 411 g/mol. The van der Waals surface area contributed by atoms with Crippen LogP contribution in [0.2, 0.25) is 0 Å². The molecule has 0 atom stereocenters. The summed E-state index contributed by atoms with van der Waals surface area (Å²) in [5, 5.41) is 2.99. The number of carbonyl (C=O) groups is 1. The second-order valence-corrected chi connectivity index (χ2v) is 7.89. The van der Waals surface area contributed by atoms with Crippen molar-refractivity contribution in [2.24, 2.45) is 0 Å². The summed E-state index contributed by atoms with van der Waals surface area (Å²) in [5.41, 5.74) is 2.60. The molecule has 0 saturated carbocycles. The predicted octanol–water partition coefficient (Wildman–Crippen LogP) is 4.06. The highest BCUT2D eigenvalue weighted by Crippen LogP contribution is 2.21. The zero-order chi connectivity index (χ0) is 19.2. The van der Waals surface area contributed by atoms with Crippen LogP contribution < -0.4 is 10.1 Å². The van der Waals surface area contributed by atoms with Crippen molar-refractivity contribution in [2.45, 2.75) is 32.4 Å². The fourth-order valence-electron chi connectivity index (χ4n) is 3.31. The van der Waals surface area contributed by atoms with Gasteiger partial charge in [0.1, 0.15) is 0 Å². The minimum atomic E-state index is -0.485. The maximum atomic E-state index is 13.7. The Balaban J connectivity index is 1.40. The van der Waals surface area contributed by atoms with Crippen molar-refractivity contribution in [3.8, 4) is 5.75 Å². The van der Waals surface area contributed by atoms with Gasteiger partial charge in [0.2, 0.25) is 0 Å². The highest BCUT2D eigenvalue weighted by Gasteiger charge is 2.21. The number of benzene rings is 2. The molecule has 0 spiro atoms. The summed E-state index contributed by atoms with van der Waals surface area (Å²) in [6.07, 6.45) is 1.81. The van der Waals surface area contributed by atoms with Crippen molar-refractivity contribution < 1.29 is 13.9 Å². The summed E-state index contributed by atoms with van der Waals surface area (Å²) < 4.78 is 19.6. The van der Waals surface area contributed by atoms with Gasteiger partial charge in [-0.05, 0) is 43.5 Å². The van der Waals surface area contributed by atoms with Crippen molar-refractivity contribution >= 4 is 21.8 Å². The lowest BCUT2D eigenvalue weighted by molar-refractivity contribution is -0.124. The summed E-state index contributed by atoms with van der Waals surface area (Å²) >= 11 is 3.19. The number of piperidine rings is 1. The number of aryl methyl sites for hydroxylation is 1. The first kappa shape index (κ1) is 19.8. The Labute approximate surface area is 167 Å². The molecule has 2 aromatic carbocycles. The normalized spacial score (nSPS) is 15.5. The van der Waals surface area contributed by atoms with E-state index in [1.165, 1.54) is 23.3 Å². The van der Waals surface area contributed by atoms with Gasteiger partial charge in [-0.15, -0.1) is 0 Å². The molecule has 27 heavy (non-hydrogen) atoms. The van der Waals surface area contributed by atoms with E-state index in [1.54, 1.807) is 6.07 Å². The fraction of sp³-hybridized carbons (Fsp3) is 0.381. The van der Waals surface area contributed by atoms with Gasteiger partial charge in [-0.2, -0.15) is 0 Å². The Bertz CT molecular complexity index is 792. The third kappa shape index (κ3) is 6.04. The van der Waals surface area contributed by atoms with E-state index in [4.69, 9.17) is 4.74 Å². The summed E-state index contributed by atoms with van der Waals surface area (Å²) in [5.74, 6) is -0.614. The topological polar surface area (TPSA) is 41.6 Å². The third-order valence-electron chi connectivity index (χ3n) is 4.69. The lowest BCUT2D eigenvalue weighted by atomic mass is 10.0. The Morgan fingerprint density at radius 1 is 1.26 bits per heavy atom. The number of hydrogen-bond donors (Lipinski definition) is 1. The van der Waals surface area contributed by atoms with Gasteiger partial charge in [-0.1, -0.05) is 45.8 Å². The molecule has 144 valence electrons. The van der Waals surface area contributed by atoms with E-state index in [1.807, 2.05) is 0 Å². The molecule has 1 saturated heterocycles. The lowest BCUT2D eigenvalue weighted by Crippen LogP contribution is -2.45. The predicted molar refractivity (Wildman–Crippen MR) is 107 cm³/mol. The number of nitrogens with one attached hydrogen (secondary N) is 1. The first-order chi connectivity index (χ1) is 13.0. The van der Waals surface area contributed by atoms with E-state index in [9.17, 15) is 9.18 Å². The number of amides is 1. The highest BCUT2D eigenvalue weighted by molar-refractivity contribution is 9.10. The Morgan fingerprint density at radius 2 is 2.04 bits per heavy atom. The zero-order valence-electron chi connectivity index (χ0n) is 15.4. The largest absolute Gasteiger partial charge is 0.481 e. The molecule has 1 N–H and O–H groups in total. The zero-order valence-corrected chi connectivity index (χ0v) is 17.0. The summed E-state index contributed by atoms with van der Waals surface area (Å²) in [6, 6.07) is 13.2. The molecule has 0 unspecified atom stereocenters. The number of halogens is 2. The van der Waals surface area contributed by atoms with Crippen LogP contribution in [0.25, 0.3) is 0 Å². The van der Waals surface area contributed by atoms with E-state index >= 15 is 0 Å². The standard InChI is InChI=1S/C21H24BrFN2O2/c1-15-3-2-4-16(11-15)13-25-9-7-18(8-10-25)24-21(26)14-27-20-6-5-17(22)12-19(20)23/h2-6,11-12,18H,7-10,13-14H2,1H3,(H,24,26). The van der Waals surface area contributed by atoms with Crippen molar-refractivity contribution in [3.63, 3.8) is 0 Å². The first-order valence-corrected chi connectivity index (χ1v) is 9.94. The first-order valence-electron chi connectivity index (χ1n) is 9.15. The molecule has 3 rings (SSSR count). The van der Waals surface area contributed by atoms with Gasteiger partial charge in [0, 0.05) is 30.1 Å². The van der Waals surface area contributed by atoms with Gasteiger partial charge in [0.15, 0.2) is 18.2 Å². The quantitative estimate of drug-likeness (QED) is 0.745. The highest BCUT2D eigenvalue weighted by atomic mass is 79.9. The molecule has 1 aliphatic rings. The van der Waals surface area contributed by atoms with Crippen LogP contribution in [0.4, 0.5) is 4.39 Å². The molecule has 0 aromatic heterocycles. The number of rotatable bonds is 6. The summed E-state index contributed by atoms with van der Waals surface area (Å²) in [6.45, 7) is 4.76. The van der Waals surface area contributed by atoms with Crippen LogP contribution in [-0.2, 0) is 11.3 Å². The number of hydrogen-bond acceptors (Lipinski definition) is 3. The van der Waals surface area contributed by atoms with E-state index in [2.05, 4.69) is 57.3 Å². The van der Waals surface area contributed by atoms with Gasteiger partial charge in [-0.3, -0.25) is 9.69 Å². The smallest absolute Gasteiger partial charge is 0.258 e. The van der Waals surface area contributed by atoms with Crippen LogP contribution in [0, 0.1) is 12.7 Å². The van der Waals surface area contributed by atoms with Crippen molar-refractivity contribution in [2.75, 3.05) is 19.7 Å². The van der Waals surface area contributed by atoms with Crippen molar-refractivity contribution in [3.05, 3.63) is 63.9 Å². The van der Waals surface area contributed by atoms with E-state index in [0.717, 1.165) is 32.5 Å². The van der Waals surface area contributed by atoms with E-state index in [-0.39, 0.29) is 24.3 Å². The van der Waals surface area contributed by atoms with Crippen LogP contribution in [0.3, 0.4) is 0 Å². The minimum Gasteiger partial charge on any atom is -0.481 e. The Kier molecular flexibility index (Phi) is 6.85. The number of ether oxygens (including phenoxy) is 1. The van der Waals surface area contributed by atoms with Crippen LogP contribution in [0.15, 0.2) is 46.9 Å². The fourth-order valence-corrected chi connectivity index (χ4v) is 3.64. The minimum absolute atomic E-state index is 0.0846. The summed E-state index contributed by atoms with van der Waals surface area (Å²) in [4.78, 5) is 14.5. The third-order valence-corrected chi connectivity index (χ3v) is 5.19. The van der Waals surface area contributed by atoms with Crippen molar-refractivity contribution in [1.29, 1.82) is 0 Å². The monoisotopic (exact) mass is 434 g/mol. The molecule has 1 fully saturated rings. The molecule has 6 heteroatoms. The molecule has 0 radical (unpaired) electrons. The Morgan fingerprint density at radius 3 is 2.74 bits per heavy atom. The van der Waals surface area contributed by atoms with Crippen LogP contribution in [0.1, 0.15) is 24.0 Å². The molecule has 0 aliphatic carbocycles. The number of nitrogens with zero attached hydrogens (tertiary/aromatic N) is 1. The second-order valence-electron chi connectivity index (χ2n) is 6.97. The van der Waals surface area contributed by atoms with Crippen molar-refractivity contribution in [1.82, 2.24) is 10.2 Å². The maximum Gasteiger partial charge on any atom is 0.258 e. The van der Waals surface area contributed by atoms with Gasteiger partial charge >= 0.3 is 0 Å². The average molecular weight is 435 g/mol. The second kappa shape index (κ2) is 9.33. The molecule has 1 aliphatic heterocycles. The number of carbonyl (C=O) groups excluding carboxylic acids is 1.